The van der Waals surface area contributed by atoms with Crippen molar-refractivity contribution in [3.63, 3.8) is 0 Å². The molecular formula is C20H18N6S. The number of anilines is 3. The van der Waals surface area contributed by atoms with Gasteiger partial charge in [0.2, 0.25) is 0 Å². The summed E-state index contributed by atoms with van der Waals surface area (Å²) < 4.78 is 0. The minimum atomic E-state index is 0.631. The van der Waals surface area contributed by atoms with Crippen LogP contribution in [0.1, 0.15) is 24.5 Å². The summed E-state index contributed by atoms with van der Waals surface area (Å²) in [6.07, 6.45) is 2.47. The molecule has 0 spiro atoms. The summed E-state index contributed by atoms with van der Waals surface area (Å²) in [5, 5.41) is 12.5. The second kappa shape index (κ2) is 6.59. The molecule has 0 atom stereocenters. The monoisotopic (exact) mass is 374 g/mol. The van der Waals surface area contributed by atoms with Crippen LogP contribution < -0.4 is 11.1 Å². The molecule has 4 aromatic rings. The quantitative estimate of drug-likeness (QED) is 0.346. The summed E-state index contributed by atoms with van der Waals surface area (Å²) in [5.74, 6) is 2.17. The fourth-order valence-corrected chi connectivity index (χ4v) is 3.73. The van der Waals surface area contributed by atoms with Crippen LogP contribution >= 0.6 is 11.8 Å². The van der Waals surface area contributed by atoms with E-state index < -0.39 is 0 Å². The van der Waals surface area contributed by atoms with Gasteiger partial charge in [0.15, 0.2) is 11.0 Å². The van der Waals surface area contributed by atoms with Gasteiger partial charge in [-0.1, -0.05) is 12.1 Å². The van der Waals surface area contributed by atoms with Crippen LogP contribution in [0, 0.1) is 0 Å². The van der Waals surface area contributed by atoms with Crippen LogP contribution in [0.5, 0.6) is 0 Å². The van der Waals surface area contributed by atoms with Gasteiger partial charge in [0.05, 0.1) is 5.52 Å². The Balaban J connectivity index is 1.49. The third-order valence-corrected chi connectivity index (χ3v) is 5.41. The molecule has 0 amide bonds. The van der Waals surface area contributed by atoms with Crippen molar-refractivity contribution < 1.29 is 0 Å². The van der Waals surface area contributed by atoms with Gasteiger partial charge in [-0.25, -0.2) is 9.97 Å². The van der Waals surface area contributed by atoms with Crippen molar-refractivity contribution in [2.75, 3.05) is 11.1 Å². The van der Waals surface area contributed by atoms with E-state index in [9.17, 15) is 0 Å². The highest BCUT2D eigenvalue weighted by Gasteiger charge is 2.25. The Morgan fingerprint density at radius 1 is 1.04 bits per heavy atom. The Hall–Kier alpha value is -3.06. The Kier molecular flexibility index (Phi) is 3.94. The number of hydrogen-bond donors (Lipinski definition) is 3. The molecule has 0 aliphatic heterocycles. The molecule has 1 saturated carbocycles. The SMILES string of the molecule is Nc1ccc(Sc2nc(Nc3cc(C4CC4)[nH]n3)c3ccccc3n2)cc1. The predicted octanol–water partition coefficient (Wildman–Crippen LogP) is 4.71. The van der Waals surface area contributed by atoms with Gasteiger partial charge in [-0.3, -0.25) is 5.10 Å². The van der Waals surface area contributed by atoms with Gasteiger partial charge in [-0.05, 0) is 61.0 Å². The van der Waals surface area contributed by atoms with Gasteiger partial charge < -0.3 is 11.1 Å². The zero-order valence-electron chi connectivity index (χ0n) is 14.5. The van der Waals surface area contributed by atoms with Crippen molar-refractivity contribution in [3.05, 3.63) is 60.3 Å². The van der Waals surface area contributed by atoms with Crippen LogP contribution in [-0.4, -0.2) is 20.2 Å². The maximum Gasteiger partial charge on any atom is 0.195 e. The Morgan fingerprint density at radius 2 is 1.85 bits per heavy atom. The molecule has 1 aliphatic rings. The van der Waals surface area contributed by atoms with E-state index in [0.29, 0.717) is 11.1 Å². The molecule has 27 heavy (non-hydrogen) atoms. The second-order valence-corrected chi connectivity index (χ2v) is 7.69. The number of hydrogen-bond acceptors (Lipinski definition) is 6. The van der Waals surface area contributed by atoms with E-state index in [2.05, 4.69) is 21.6 Å². The number of fused-ring (bicyclic) bond motifs is 1. The molecule has 2 heterocycles. The molecule has 5 rings (SSSR count). The number of nitrogens with zero attached hydrogens (tertiary/aromatic N) is 3. The number of para-hydroxylation sites is 1. The van der Waals surface area contributed by atoms with Crippen molar-refractivity contribution in [2.24, 2.45) is 0 Å². The first-order valence-electron chi connectivity index (χ1n) is 8.87. The lowest BCUT2D eigenvalue weighted by Crippen LogP contribution is -1.99. The van der Waals surface area contributed by atoms with E-state index >= 15 is 0 Å². The molecular weight excluding hydrogens is 356 g/mol. The van der Waals surface area contributed by atoms with E-state index in [1.165, 1.54) is 30.3 Å². The largest absolute Gasteiger partial charge is 0.399 e. The maximum atomic E-state index is 5.77. The number of nitrogens with one attached hydrogen (secondary N) is 2. The summed E-state index contributed by atoms with van der Waals surface area (Å²) in [6, 6.07) is 17.8. The Labute approximate surface area is 160 Å². The van der Waals surface area contributed by atoms with Gasteiger partial charge in [0.25, 0.3) is 0 Å². The molecule has 6 nitrogen and oxygen atoms in total. The molecule has 0 unspecified atom stereocenters. The van der Waals surface area contributed by atoms with Crippen LogP contribution in [0.15, 0.2) is 64.6 Å². The lowest BCUT2D eigenvalue weighted by Gasteiger charge is -2.09. The van der Waals surface area contributed by atoms with Gasteiger partial charge in [0, 0.05) is 33.6 Å². The highest BCUT2D eigenvalue weighted by molar-refractivity contribution is 7.99. The van der Waals surface area contributed by atoms with Gasteiger partial charge in [0.1, 0.15) is 5.82 Å². The molecule has 134 valence electrons. The topological polar surface area (TPSA) is 92.5 Å². The maximum absolute atomic E-state index is 5.77. The molecule has 2 aromatic carbocycles. The van der Waals surface area contributed by atoms with E-state index in [4.69, 9.17) is 15.7 Å². The number of aromatic amines is 1. The van der Waals surface area contributed by atoms with Crippen LogP contribution in [-0.2, 0) is 0 Å². The number of nitrogens with two attached hydrogens (primary N) is 1. The molecule has 0 radical (unpaired) electrons. The summed E-state index contributed by atoms with van der Waals surface area (Å²) in [6.45, 7) is 0. The zero-order chi connectivity index (χ0) is 18.2. The number of rotatable bonds is 5. The van der Waals surface area contributed by atoms with E-state index in [-0.39, 0.29) is 0 Å². The van der Waals surface area contributed by atoms with E-state index in [0.717, 1.165) is 33.1 Å². The average molecular weight is 374 g/mol. The van der Waals surface area contributed by atoms with Crippen molar-refractivity contribution >= 4 is 40.0 Å². The first kappa shape index (κ1) is 16.1. The normalized spacial score (nSPS) is 13.8. The molecule has 0 saturated heterocycles. The van der Waals surface area contributed by atoms with Crippen molar-refractivity contribution in [1.82, 2.24) is 20.2 Å². The van der Waals surface area contributed by atoms with Crippen molar-refractivity contribution in [2.45, 2.75) is 28.8 Å². The number of benzene rings is 2. The van der Waals surface area contributed by atoms with Gasteiger partial charge >= 0.3 is 0 Å². The smallest absolute Gasteiger partial charge is 0.195 e. The lowest BCUT2D eigenvalue weighted by molar-refractivity contribution is 0.964. The molecule has 7 heteroatoms. The number of H-pyrrole nitrogens is 1. The Morgan fingerprint density at radius 3 is 2.67 bits per heavy atom. The van der Waals surface area contributed by atoms with Crippen LogP contribution in [0.2, 0.25) is 0 Å². The fraction of sp³-hybridized carbons (Fsp3) is 0.150. The zero-order valence-corrected chi connectivity index (χ0v) is 15.3. The summed E-state index contributed by atoms with van der Waals surface area (Å²) in [5.41, 5.74) is 8.60. The van der Waals surface area contributed by atoms with E-state index in [1.54, 1.807) is 0 Å². The minimum absolute atomic E-state index is 0.631. The molecule has 4 N–H and O–H groups in total. The summed E-state index contributed by atoms with van der Waals surface area (Å²) in [7, 11) is 0. The third kappa shape index (κ3) is 3.46. The second-order valence-electron chi connectivity index (χ2n) is 6.65. The van der Waals surface area contributed by atoms with Crippen LogP contribution in [0.25, 0.3) is 10.9 Å². The van der Waals surface area contributed by atoms with E-state index in [1.807, 2.05) is 48.5 Å². The molecule has 2 aromatic heterocycles. The molecule has 1 fully saturated rings. The first-order valence-corrected chi connectivity index (χ1v) is 9.69. The number of nitrogen functional groups attached to an aromatic ring is 1. The lowest BCUT2D eigenvalue weighted by atomic mass is 10.2. The minimum Gasteiger partial charge on any atom is -0.399 e. The number of aromatic nitrogens is 4. The first-order chi connectivity index (χ1) is 13.2. The highest BCUT2D eigenvalue weighted by Crippen LogP contribution is 2.40. The molecule has 0 bridgehead atoms. The third-order valence-electron chi connectivity index (χ3n) is 4.53. The van der Waals surface area contributed by atoms with Gasteiger partial charge in [-0.15, -0.1) is 0 Å². The highest BCUT2D eigenvalue weighted by atomic mass is 32.2. The summed E-state index contributed by atoms with van der Waals surface area (Å²) >= 11 is 1.51. The fourth-order valence-electron chi connectivity index (χ4n) is 2.96. The summed E-state index contributed by atoms with van der Waals surface area (Å²) in [4.78, 5) is 10.5. The van der Waals surface area contributed by atoms with Crippen molar-refractivity contribution in [1.29, 1.82) is 0 Å². The van der Waals surface area contributed by atoms with Gasteiger partial charge in [-0.2, -0.15) is 5.10 Å². The molecule has 1 aliphatic carbocycles. The average Bonchev–Trinajstić information content (AvgIpc) is 3.43. The standard InChI is InChI=1S/C20H18N6S/c21-13-7-9-14(10-8-13)27-20-22-16-4-2-1-3-15(16)19(24-20)23-18-11-17(25-26-18)12-5-6-12/h1-4,7-12H,5-6,21H2,(H2,22,23,24,25,26). The van der Waals surface area contributed by atoms with Crippen molar-refractivity contribution in [3.8, 4) is 0 Å². The predicted molar refractivity (Wildman–Crippen MR) is 108 cm³/mol. The van der Waals surface area contributed by atoms with Crippen LogP contribution in [0.4, 0.5) is 17.3 Å². The Bertz CT molecular complexity index is 1100. The van der Waals surface area contributed by atoms with Crippen LogP contribution in [0.3, 0.4) is 0 Å².